The number of hydrogen-bond acceptors (Lipinski definition) is 12. The first kappa shape index (κ1) is 39.7. The monoisotopic (exact) mass is 817 g/mol. The molecule has 3 aliphatic rings. The van der Waals surface area contributed by atoms with Gasteiger partial charge in [0.15, 0.2) is 17.1 Å². The summed E-state index contributed by atoms with van der Waals surface area (Å²) < 4.78 is 11.6. The van der Waals surface area contributed by atoms with Gasteiger partial charge in [0.05, 0.1) is 28.0 Å². The van der Waals surface area contributed by atoms with Crippen molar-refractivity contribution in [2.75, 3.05) is 42.9 Å². The first-order valence-corrected chi connectivity index (χ1v) is 20.5. The highest BCUT2D eigenvalue weighted by Crippen LogP contribution is 2.36. The second-order valence-electron chi connectivity index (χ2n) is 15.4. The number of carbonyl (C=O) groups is 4. The summed E-state index contributed by atoms with van der Waals surface area (Å²) in [5, 5.41) is 33.3. The predicted molar refractivity (Wildman–Crippen MR) is 220 cm³/mol. The van der Waals surface area contributed by atoms with Crippen molar-refractivity contribution in [1.82, 2.24) is 30.9 Å². The maximum atomic E-state index is 13.0. The number of hydrogen-bond donors (Lipinski definition) is 3. The largest absolute Gasteiger partial charge is 0.490 e. The summed E-state index contributed by atoms with van der Waals surface area (Å²) >= 11 is 6.14. The summed E-state index contributed by atoms with van der Waals surface area (Å²) in [5.74, 6) is -0.122. The van der Waals surface area contributed by atoms with Gasteiger partial charge in [0, 0.05) is 56.8 Å². The molecule has 304 valence electrons. The Labute approximate surface area is 345 Å². The van der Waals surface area contributed by atoms with Crippen LogP contribution in [0.25, 0.3) is 21.7 Å². The number of halogens is 1. The van der Waals surface area contributed by atoms with Crippen molar-refractivity contribution in [2.45, 2.75) is 75.9 Å². The molecule has 16 heteroatoms. The summed E-state index contributed by atoms with van der Waals surface area (Å²) in [6.45, 7) is 4.20. The normalized spacial score (nSPS) is 19.9. The number of nitrogens with one attached hydrogen (secondary N) is 3. The molecule has 1 saturated carbocycles. The number of aromatic nitrogens is 3. The fourth-order valence-electron chi connectivity index (χ4n) is 8.16. The minimum atomic E-state index is -0.564. The molecule has 1 atom stereocenters. The number of benzene rings is 3. The van der Waals surface area contributed by atoms with Gasteiger partial charge in [-0.25, -0.2) is 0 Å². The lowest BCUT2D eigenvalue weighted by atomic mass is 9.91. The third-order valence-electron chi connectivity index (χ3n) is 11.4. The molecule has 2 saturated heterocycles. The van der Waals surface area contributed by atoms with E-state index in [-0.39, 0.29) is 47.9 Å². The van der Waals surface area contributed by atoms with E-state index in [9.17, 15) is 19.2 Å². The van der Waals surface area contributed by atoms with Gasteiger partial charge >= 0.3 is 0 Å². The number of imide groups is 1. The Balaban J connectivity index is 0.733. The molecule has 2 aromatic heterocycles. The fraction of sp³-hybridized carbons (Fsp3) is 0.395. The van der Waals surface area contributed by atoms with Gasteiger partial charge in [-0.05, 0) is 105 Å². The van der Waals surface area contributed by atoms with Gasteiger partial charge in [0.2, 0.25) is 17.7 Å². The average molecular weight is 818 g/mol. The second kappa shape index (κ2) is 17.8. The van der Waals surface area contributed by atoms with E-state index in [1.165, 1.54) is 0 Å². The van der Waals surface area contributed by atoms with Crippen molar-refractivity contribution in [2.24, 2.45) is 0 Å². The van der Waals surface area contributed by atoms with E-state index in [1.807, 2.05) is 36.4 Å². The molecular formula is C43H44ClN9O6. The Morgan fingerprint density at radius 2 is 1.78 bits per heavy atom. The zero-order valence-corrected chi connectivity index (χ0v) is 33.2. The molecule has 3 N–H and O–H groups in total. The minimum Gasteiger partial charge on any atom is -0.490 e. The minimum absolute atomic E-state index is 0.0169. The number of rotatable bonds is 12. The number of amides is 4. The van der Waals surface area contributed by atoms with Gasteiger partial charge in [-0.2, -0.15) is 5.26 Å². The SMILES string of the molecule is N#Cc1ccc(OC2CCC(NC(=O)c3ccc(N4CCN(CCCCC(=O)Nc5ccc6c(ccc7onc(C8CCC(=O)NC8=O)c76)c5)CC4)nn3)CC2)cc1Cl. The van der Waals surface area contributed by atoms with E-state index in [1.54, 1.807) is 30.3 Å². The Bertz CT molecular complexity index is 2420. The van der Waals surface area contributed by atoms with Crippen molar-refractivity contribution in [3.05, 3.63) is 82.6 Å². The quantitative estimate of drug-likeness (QED) is 0.100. The van der Waals surface area contributed by atoms with E-state index in [0.29, 0.717) is 46.1 Å². The Morgan fingerprint density at radius 1 is 0.949 bits per heavy atom. The first-order valence-electron chi connectivity index (χ1n) is 20.1. The lowest BCUT2D eigenvalue weighted by Gasteiger charge is -2.35. The molecule has 0 spiro atoms. The number of piperazine rings is 1. The number of nitrogens with zero attached hydrogens (tertiary/aromatic N) is 6. The molecule has 1 unspecified atom stereocenters. The average Bonchev–Trinajstić information content (AvgIpc) is 3.68. The maximum absolute atomic E-state index is 13.0. The van der Waals surface area contributed by atoms with Gasteiger partial charge in [-0.3, -0.25) is 29.4 Å². The van der Waals surface area contributed by atoms with Crippen LogP contribution in [0.2, 0.25) is 5.02 Å². The molecule has 5 aromatic rings. The van der Waals surface area contributed by atoms with E-state index in [2.05, 4.69) is 41.1 Å². The van der Waals surface area contributed by atoms with Crippen LogP contribution in [-0.4, -0.2) is 88.8 Å². The van der Waals surface area contributed by atoms with Crippen LogP contribution in [0, 0.1) is 11.3 Å². The van der Waals surface area contributed by atoms with Crippen LogP contribution in [0.3, 0.4) is 0 Å². The van der Waals surface area contributed by atoms with Gasteiger partial charge < -0.3 is 24.8 Å². The van der Waals surface area contributed by atoms with Gasteiger partial charge in [0.25, 0.3) is 5.91 Å². The zero-order valence-electron chi connectivity index (χ0n) is 32.4. The van der Waals surface area contributed by atoms with Crippen LogP contribution in [-0.2, 0) is 14.4 Å². The maximum Gasteiger partial charge on any atom is 0.272 e. The van der Waals surface area contributed by atoms with Crippen LogP contribution < -0.4 is 25.6 Å². The second-order valence-corrected chi connectivity index (χ2v) is 15.8. The van der Waals surface area contributed by atoms with E-state index >= 15 is 0 Å². The van der Waals surface area contributed by atoms with Crippen LogP contribution in [0.4, 0.5) is 11.5 Å². The topological polar surface area (TPSA) is 196 Å². The number of anilines is 2. The molecule has 2 aliphatic heterocycles. The van der Waals surface area contributed by atoms with Crippen molar-refractivity contribution in [3.63, 3.8) is 0 Å². The standard InChI is InChI=1S/C43H44ClN9O6/c44-34-24-31(9-4-27(34)25-45)58-30-10-6-28(7-11-30)47-43(57)35-14-16-37(50-49-35)53-21-19-52(20-22-53)18-2-1-3-38(54)46-29-8-12-32-26(23-29)5-15-36-40(32)41(51-59-36)33-13-17-39(55)48-42(33)56/h4-5,8-9,12,14-16,23-24,28,30,33H,1-3,6-7,10-11,13,17-22H2,(H,46,54)(H,47,57)(H,48,55,56). The molecule has 59 heavy (non-hydrogen) atoms. The van der Waals surface area contributed by atoms with Gasteiger partial charge in [0.1, 0.15) is 17.5 Å². The van der Waals surface area contributed by atoms with E-state index in [4.69, 9.17) is 26.1 Å². The fourth-order valence-corrected chi connectivity index (χ4v) is 8.37. The number of unbranched alkanes of at least 4 members (excludes halogenated alkanes) is 1. The van der Waals surface area contributed by atoms with Crippen LogP contribution in [0.5, 0.6) is 5.75 Å². The summed E-state index contributed by atoms with van der Waals surface area (Å²) in [6.07, 6.45) is 5.84. The lowest BCUT2D eigenvalue weighted by molar-refractivity contribution is -0.134. The van der Waals surface area contributed by atoms with Crippen LogP contribution in [0.15, 0.2) is 65.2 Å². The molecule has 3 aromatic carbocycles. The van der Waals surface area contributed by atoms with Gasteiger partial charge in [-0.1, -0.05) is 28.9 Å². The summed E-state index contributed by atoms with van der Waals surface area (Å²) in [5.41, 5.74) is 2.47. The highest BCUT2D eigenvalue weighted by Gasteiger charge is 2.32. The molecule has 1 aliphatic carbocycles. The third kappa shape index (κ3) is 9.29. The van der Waals surface area contributed by atoms with Crippen LogP contribution >= 0.6 is 11.6 Å². The van der Waals surface area contributed by atoms with Crippen molar-refractivity contribution >= 4 is 68.5 Å². The zero-order chi connectivity index (χ0) is 40.9. The number of nitriles is 1. The number of ether oxygens (including phenoxy) is 1. The van der Waals surface area contributed by atoms with Crippen molar-refractivity contribution < 1.29 is 28.4 Å². The smallest absolute Gasteiger partial charge is 0.272 e. The molecule has 4 amide bonds. The highest BCUT2D eigenvalue weighted by molar-refractivity contribution is 6.31. The van der Waals surface area contributed by atoms with Crippen molar-refractivity contribution in [1.29, 1.82) is 5.26 Å². The Morgan fingerprint density at radius 3 is 2.53 bits per heavy atom. The Kier molecular flexibility index (Phi) is 12.0. The van der Waals surface area contributed by atoms with Crippen molar-refractivity contribution in [3.8, 4) is 11.8 Å². The molecule has 3 fully saturated rings. The molecule has 4 heterocycles. The third-order valence-corrected chi connectivity index (χ3v) is 11.7. The molecule has 15 nitrogen and oxygen atoms in total. The summed E-state index contributed by atoms with van der Waals surface area (Å²) in [6, 6.07) is 20.1. The molecular weight excluding hydrogens is 774 g/mol. The molecule has 0 radical (unpaired) electrons. The van der Waals surface area contributed by atoms with Gasteiger partial charge in [-0.15, -0.1) is 10.2 Å². The molecule has 0 bridgehead atoms. The Hall–Kier alpha value is -6.11. The molecule has 8 rings (SSSR count). The summed E-state index contributed by atoms with van der Waals surface area (Å²) in [7, 11) is 0. The summed E-state index contributed by atoms with van der Waals surface area (Å²) in [4.78, 5) is 54.6. The van der Waals surface area contributed by atoms with E-state index < -0.39 is 5.92 Å². The number of piperidine rings is 1. The first-order chi connectivity index (χ1) is 28.7. The van der Waals surface area contributed by atoms with Crippen LogP contribution in [0.1, 0.15) is 85.5 Å². The number of carbonyl (C=O) groups excluding carboxylic acids is 4. The lowest BCUT2D eigenvalue weighted by Crippen LogP contribution is -2.47. The predicted octanol–water partition coefficient (Wildman–Crippen LogP) is 5.87. The highest BCUT2D eigenvalue weighted by atomic mass is 35.5. The number of fused-ring (bicyclic) bond motifs is 3. The van der Waals surface area contributed by atoms with E-state index in [0.717, 1.165) is 93.2 Å².